The zero-order valence-electron chi connectivity index (χ0n) is 18.2. The van der Waals surface area contributed by atoms with Gasteiger partial charge in [0.25, 0.3) is 0 Å². The Morgan fingerprint density at radius 2 is 0.923 bits per heavy atom. The molecule has 0 aromatic heterocycles. The largest absolute Gasteiger partial charge is 0.387 e. The molecule has 0 atom stereocenters. The Hall–Kier alpha value is -1.06. The van der Waals surface area contributed by atoms with E-state index in [0.29, 0.717) is 0 Å². The van der Waals surface area contributed by atoms with Crippen molar-refractivity contribution in [3.8, 4) is 0 Å². The highest BCUT2D eigenvalue weighted by atomic mass is 15.1. The monoisotopic (exact) mass is 366 g/mol. The van der Waals surface area contributed by atoms with Crippen molar-refractivity contribution in [1.82, 2.24) is 4.90 Å². The first kappa shape index (κ1) is 24.9. The van der Waals surface area contributed by atoms with Crippen LogP contribution in [0.5, 0.6) is 0 Å². The van der Waals surface area contributed by atoms with E-state index in [9.17, 15) is 0 Å². The predicted molar refractivity (Wildman–Crippen MR) is 118 cm³/mol. The van der Waals surface area contributed by atoms with Gasteiger partial charge in [0.15, 0.2) is 0 Å². The number of hydrogen-bond acceptors (Lipinski definition) is 2. The predicted octanol–water partition coefficient (Wildman–Crippen LogP) is 5.80. The molecular formula is C22H46N4. The van der Waals surface area contributed by atoms with E-state index in [1.54, 1.807) is 7.05 Å². The number of rotatable bonds is 17. The number of hydrogen-bond donors (Lipinski definition) is 1. The minimum absolute atomic E-state index is 0.804. The summed E-state index contributed by atoms with van der Waals surface area (Å²) < 4.78 is 0. The first-order valence-corrected chi connectivity index (χ1v) is 11.0. The quantitative estimate of drug-likeness (QED) is 0.201. The van der Waals surface area contributed by atoms with Crippen molar-refractivity contribution in [2.45, 2.75) is 103 Å². The van der Waals surface area contributed by atoms with Crippen LogP contribution >= 0.6 is 0 Å². The van der Waals surface area contributed by atoms with Gasteiger partial charge in [-0.25, -0.2) is 0 Å². The van der Waals surface area contributed by atoms with E-state index in [1.165, 1.54) is 95.7 Å². The number of aliphatic imine (C=N–C) groups is 2. The SMILES string of the molecule is CN=C(N)CCCCCCCCCCCCCCCCC(=NC)N(C)C. The summed E-state index contributed by atoms with van der Waals surface area (Å²) >= 11 is 0. The molecule has 0 aliphatic rings. The van der Waals surface area contributed by atoms with Crippen LogP contribution in [0.3, 0.4) is 0 Å². The van der Waals surface area contributed by atoms with E-state index < -0.39 is 0 Å². The lowest BCUT2D eigenvalue weighted by molar-refractivity contribution is 0.532. The minimum Gasteiger partial charge on any atom is -0.387 e. The first-order valence-electron chi connectivity index (χ1n) is 11.0. The normalized spacial score (nSPS) is 12.6. The summed E-state index contributed by atoms with van der Waals surface area (Å²) in [6.07, 6.45) is 21.3. The van der Waals surface area contributed by atoms with Crippen molar-refractivity contribution in [1.29, 1.82) is 0 Å². The molecule has 0 saturated heterocycles. The van der Waals surface area contributed by atoms with E-state index in [1.807, 2.05) is 7.05 Å². The smallest absolute Gasteiger partial charge is 0.0980 e. The summed E-state index contributed by atoms with van der Waals surface area (Å²) in [6.45, 7) is 0. The second-order valence-electron chi connectivity index (χ2n) is 7.70. The van der Waals surface area contributed by atoms with Crippen molar-refractivity contribution >= 4 is 11.7 Å². The van der Waals surface area contributed by atoms with Crippen molar-refractivity contribution < 1.29 is 0 Å². The third kappa shape index (κ3) is 16.4. The molecule has 0 heterocycles. The molecule has 0 bridgehead atoms. The Bertz CT molecular complexity index is 361. The molecule has 0 rings (SSSR count). The second kappa shape index (κ2) is 18.7. The Morgan fingerprint density at radius 3 is 1.23 bits per heavy atom. The molecule has 4 nitrogen and oxygen atoms in total. The van der Waals surface area contributed by atoms with Gasteiger partial charge in [-0.1, -0.05) is 77.0 Å². The molecule has 2 N–H and O–H groups in total. The van der Waals surface area contributed by atoms with E-state index in [2.05, 4.69) is 29.0 Å². The van der Waals surface area contributed by atoms with Gasteiger partial charge in [-0.05, 0) is 12.8 Å². The third-order valence-corrected chi connectivity index (χ3v) is 5.14. The van der Waals surface area contributed by atoms with Crippen LogP contribution in [0.1, 0.15) is 103 Å². The highest BCUT2D eigenvalue weighted by molar-refractivity contribution is 5.81. The van der Waals surface area contributed by atoms with Crippen LogP contribution in [0.2, 0.25) is 0 Å². The fourth-order valence-corrected chi connectivity index (χ4v) is 3.36. The van der Waals surface area contributed by atoms with Gasteiger partial charge in [0, 0.05) is 41.0 Å². The highest BCUT2D eigenvalue weighted by Crippen LogP contribution is 2.14. The van der Waals surface area contributed by atoms with Crippen molar-refractivity contribution in [3.63, 3.8) is 0 Å². The Labute approximate surface area is 163 Å². The van der Waals surface area contributed by atoms with Crippen molar-refractivity contribution in [2.75, 3.05) is 28.2 Å². The zero-order chi connectivity index (χ0) is 19.5. The van der Waals surface area contributed by atoms with Gasteiger partial charge in [-0.15, -0.1) is 0 Å². The molecule has 0 radical (unpaired) electrons. The standard InChI is InChI=1S/C22H46N4/c1-24-21(23)19-17-15-13-11-9-7-5-6-8-10-12-14-16-18-20-22(25-2)26(3)4/h5-20H2,1-4H3,(H2,23,24). The summed E-state index contributed by atoms with van der Waals surface area (Å²) in [7, 11) is 7.84. The summed E-state index contributed by atoms with van der Waals surface area (Å²) in [4.78, 5) is 10.5. The van der Waals surface area contributed by atoms with Gasteiger partial charge in [0.05, 0.1) is 11.7 Å². The molecule has 4 heteroatoms. The molecule has 26 heavy (non-hydrogen) atoms. The Morgan fingerprint density at radius 1 is 0.577 bits per heavy atom. The van der Waals surface area contributed by atoms with E-state index in [0.717, 1.165) is 18.7 Å². The van der Waals surface area contributed by atoms with Gasteiger partial charge < -0.3 is 10.6 Å². The average molecular weight is 367 g/mol. The van der Waals surface area contributed by atoms with Crippen LogP contribution in [0, 0.1) is 0 Å². The van der Waals surface area contributed by atoms with E-state index >= 15 is 0 Å². The third-order valence-electron chi connectivity index (χ3n) is 5.14. The van der Waals surface area contributed by atoms with Crippen LogP contribution < -0.4 is 5.73 Å². The van der Waals surface area contributed by atoms with E-state index in [-0.39, 0.29) is 0 Å². The second-order valence-corrected chi connectivity index (χ2v) is 7.70. The van der Waals surface area contributed by atoms with Gasteiger partial charge in [0.1, 0.15) is 0 Å². The average Bonchev–Trinajstić information content (AvgIpc) is 2.63. The molecule has 0 spiro atoms. The molecule has 154 valence electrons. The molecule has 0 unspecified atom stereocenters. The lowest BCUT2D eigenvalue weighted by Crippen LogP contribution is -2.21. The van der Waals surface area contributed by atoms with Crippen LogP contribution in [0.4, 0.5) is 0 Å². The maximum atomic E-state index is 5.70. The van der Waals surface area contributed by atoms with Gasteiger partial charge in [-0.2, -0.15) is 0 Å². The Balaban J connectivity index is 3.18. The van der Waals surface area contributed by atoms with Crippen LogP contribution in [-0.2, 0) is 0 Å². The minimum atomic E-state index is 0.804. The molecule has 0 aromatic rings. The lowest BCUT2D eigenvalue weighted by atomic mass is 10.0. The fourth-order valence-electron chi connectivity index (χ4n) is 3.36. The Kier molecular flexibility index (Phi) is 18.0. The summed E-state index contributed by atoms with van der Waals surface area (Å²) in [5, 5.41) is 0. The fraction of sp³-hybridized carbons (Fsp3) is 0.909. The molecule has 0 aliphatic heterocycles. The van der Waals surface area contributed by atoms with E-state index in [4.69, 9.17) is 5.73 Å². The summed E-state index contributed by atoms with van der Waals surface area (Å²) in [5.41, 5.74) is 5.70. The molecular weight excluding hydrogens is 320 g/mol. The van der Waals surface area contributed by atoms with Gasteiger partial charge >= 0.3 is 0 Å². The molecule has 0 aromatic carbocycles. The van der Waals surface area contributed by atoms with Crippen molar-refractivity contribution in [2.24, 2.45) is 15.7 Å². The molecule has 0 aliphatic carbocycles. The summed E-state index contributed by atoms with van der Waals surface area (Å²) in [5.74, 6) is 2.03. The maximum absolute atomic E-state index is 5.70. The highest BCUT2D eigenvalue weighted by Gasteiger charge is 2.00. The maximum Gasteiger partial charge on any atom is 0.0980 e. The topological polar surface area (TPSA) is 54.0 Å². The summed E-state index contributed by atoms with van der Waals surface area (Å²) in [6, 6.07) is 0. The lowest BCUT2D eigenvalue weighted by Gasteiger charge is -2.14. The van der Waals surface area contributed by atoms with Gasteiger partial charge in [-0.3, -0.25) is 9.98 Å². The van der Waals surface area contributed by atoms with Crippen LogP contribution in [0.25, 0.3) is 0 Å². The molecule has 0 fully saturated rings. The number of amidine groups is 2. The van der Waals surface area contributed by atoms with Crippen LogP contribution in [0.15, 0.2) is 9.98 Å². The molecule has 0 amide bonds. The molecule has 0 saturated carbocycles. The number of nitrogens with two attached hydrogens (primary N) is 1. The van der Waals surface area contributed by atoms with Crippen LogP contribution in [-0.4, -0.2) is 44.8 Å². The van der Waals surface area contributed by atoms with Crippen molar-refractivity contribution in [3.05, 3.63) is 0 Å². The number of nitrogens with zero attached hydrogens (tertiary/aromatic N) is 3. The first-order chi connectivity index (χ1) is 12.6. The van der Waals surface area contributed by atoms with Gasteiger partial charge in [0.2, 0.25) is 0 Å². The zero-order valence-corrected chi connectivity index (χ0v) is 18.2. The number of unbranched alkanes of at least 4 members (excludes halogenated alkanes) is 13.